The number of ether oxygens (including phenoxy) is 1. The van der Waals surface area contributed by atoms with Crippen molar-refractivity contribution in [1.82, 2.24) is 14.8 Å². The highest BCUT2D eigenvalue weighted by Crippen LogP contribution is 2.40. The smallest absolute Gasteiger partial charge is 0.354 e. The summed E-state index contributed by atoms with van der Waals surface area (Å²) in [5.41, 5.74) is 2.24. The number of aromatic amines is 1. The van der Waals surface area contributed by atoms with Crippen molar-refractivity contribution in [2.45, 2.75) is 26.3 Å². The van der Waals surface area contributed by atoms with Gasteiger partial charge in [0.2, 0.25) is 0 Å². The first-order valence-corrected chi connectivity index (χ1v) is 10.4. The third-order valence-corrected chi connectivity index (χ3v) is 5.72. The number of amides is 1. The quantitative estimate of drug-likeness (QED) is 0.298. The number of aliphatic hydroxyl groups excluding tert-OH is 1. The molecule has 3 rings (SSSR count). The van der Waals surface area contributed by atoms with Gasteiger partial charge < -0.3 is 24.6 Å². The van der Waals surface area contributed by atoms with Crippen LogP contribution in [0.4, 0.5) is 0 Å². The standard InChI is InChI=1S/C24H29N3O5/c1-14-17(15(2)25-19(14)24(31)32-5)21(28)18-20(16-10-7-6-8-11-16)27(23(30)22(18)29)13-9-12-26(3)4/h6-8,10-11,20,25,28H,9,12-13H2,1-5H3/b21-18+/t20-/m0/s1. The minimum Gasteiger partial charge on any atom is -0.507 e. The van der Waals surface area contributed by atoms with Crippen LogP contribution in [0.5, 0.6) is 0 Å². The van der Waals surface area contributed by atoms with E-state index in [4.69, 9.17) is 4.74 Å². The van der Waals surface area contributed by atoms with Crippen molar-refractivity contribution in [3.63, 3.8) is 0 Å². The van der Waals surface area contributed by atoms with Crippen LogP contribution < -0.4 is 0 Å². The van der Waals surface area contributed by atoms with Gasteiger partial charge >= 0.3 is 5.97 Å². The van der Waals surface area contributed by atoms with E-state index in [1.807, 2.05) is 49.3 Å². The Labute approximate surface area is 187 Å². The van der Waals surface area contributed by atoms with Gasteiger partial charge in [0.15, 0.2) is 0 Å². The lowest BCUT2D eigenvalue weighted by Gasteiger charge is -2.26. The highest BCUT2D eigenvalue weighted by molar-refractivity contribution is 6.46. The van der Waals surface area contributed by atoms with E-state index in [0.717, 1.165) is 12.1 Å². The molecule has 2 N–H and O–H groups in total. The third-order valence-electron chi connectivity index (χ3n) is 5.72. The van der Waals surface area contributed by atoms with Crippen LogP contribution in [-0.2, 0) is 14.3 Å². The molecule has 0 bridgehead atoms. The van der Waals surface area contributed by atoms with E-state index in [1.165, 1.54) is 12.0 Å². The van der Waals surface area contributed by atoms with Gasteiger partial charge in [-0.3, -0.25) is 9.59 Å². The normalized spacial score (nSPS) is 17.9. The van der Waals surface area contributed by atoms with Gasteiger partial charge in [-0.2, -0.15) is 0 Å². The number of carbonyl (C=O) groups is 3. The summed E-state index contributed by atoms with van der Waals surface area (Å²) in [5.74, 6) is -2.25. The topological polar surface area (TPSA) is 103 Å². The Morgan fingerprint density at radius 2 is 1.84 bits per heavy atom. The number of esters is 1. The zero-order valence-corrected chi connectivity index (χ0v) is 19.1. The van der Waals surface area contributed by atoms with Crippen molar-refractivity contribution in [3.8, 4) is 0 Å². The molecule has 0 radical (unpaired) electrons. The molecule has 32 heavy (non-hydrogen) atoms. The zero-order chi connectivity index (χ0) is 23.6. The van der Waals surface area contributed by atoms with Gasteiger partial charge in [0.05, 0.1) is 18.7 Å². The first-order valence-electron chi connectivity index (χ1n) is 10.4. The molecule has 1 aliphatic heterocycles. The number of nitrogens with one attached hydrogen (secondary N) is 1. The van der Waals surface area contributed by atoms with E-state index in [0.29, 0.717) is 29.8 Å². The summed E-state index contributed by atoms with van der Waals surface area (Å²) in [7, 11) is 5.16. The predicted octanol–water partition coefficient (Wildman–Crippen LogP) is 2.79. The highest BCUT2D eigenvalue weighted by Gasteiger charge is 2.46. The molecule has 0 aliphatic carbocycles. The van der Waals surface area contributed by atoms with Crippen LogP contribution in [-0.4, -0.2) is 71.8 Å². The maximum atomic E-state index is 13.1. The number of Topliss-reactive ketones (excluding diaryl/α,β-unsaturated/α-hetero) is 1. The molecule has 8 nitrogen and oxygen atoms in total. The van der Waals surface area contributed by atoms with E-state index in [2.05, 4.69) is 4.98 Å². The van der Waals surface area contributed by atoms with Gasteiger partial charge in [0, 0.05) is 17.8 Å². The second-order valence-corrected chi connectivity index (χ2v) is 8.18. The number of aryl methyl sites for hydroxylation is 1. The predicted molar refractivity (Wildman–Crippen MR) is 120 cm³/mol. The molecule has 0 saturated carbocycles. The van der Waals surface area contributed by atoms with Crippen LogP contribution in [0.2, 0.25) is 0 Å². The summed E-state index contributed by atoms with van der Waals surface area (Å²) in [6, 6.07) is 8.46. The number of nitrogens with zero attached hydrogens (tertiary/aromatic N) is 2. The minimum atomic E-state index is -0.735. The second-order valence-electron chi connectivity index (χ2n) is 8.18. The van der Waals surface area contributed by atoms with Crippen LogP contribution in [0.25, 0.3) is 5.76 Å². The fourth-order valence-electron chi connectivity index (χ4n) is 4.20. The SMILES string of the molecule is COC(=O)c1[nH]c(C)c(/C(O)=C2\C(=O)C(=O)N(CCCN(C)C)[C@H]2c2ccccc2)c1C. The lowest BCUT2D eigenvalue weighted by Crippen LogP contribution is -2.32. The van der Waals surface area contributed by atoms with Gasteiger partial charge in [0.1, 0.15) is 11.5 Å². The number of carbonyl (C=O) groups excluding carboxylic acids is 3. The number of aliphatic hydroxyl groups is 1. The molecule has 1 fully saturated rings. The van der Waals surface area contributed by atoms with Crippen molar-refractivity contribution in [3.05, 3.63) is 64.0 Å². The van der Waals surface area contributed by atoms with Crippen LogP contribution in [0, 0.1) is 13.8 Å². The van der Waals surface area contributed by atoms with Crippen molar-refractivity contribution in [1.29, 1.82) is 0 Å². The van der Waals surface area contributed by atoms with E-state index >= 15 is 0 Å². The number of H-pyrrole nitrogens is 1. The summed E-state index contributed by atoms with van der Waals surface area (Å²) in [4.78, 5) is 44.6. The summed E-state index contributed by atoms with van der Waals surface area (Å²) < 4.78 is 4.80. The van der Waals surface area contributed by atoms with Crippen molar-refractivity contribution in [2.24, 2.45) is 0 Å². The van der Waals surface area contributed by atoms with E-state index in [-0.39, 0.29) is 17.0 Å². The van der Waals surface area contributed by atoms with E-state index < -0.39 is 23.7 Å². The Hall–Kier alpha value is -3.39. The lowest BCUT2D eigenvalue weighted by molar-refractivity contribution is -0.139. The molecule has 1 amide bonds. The molecule has 0 unspecified atom stereocenters. The number of hydrogen-bond acceptors (Lipinski definition) is 6. The molecule has 1 aromatic carbocycles. The fraction of sp³-hybridized carbons (Fsp3) is 0.375. The van der Waals surface area contributed by atoms with Gasteiger partial charge in [-0.25, -0.2) is 4.79 Å². The number of hydrogen-bond donors (Lipinski definition) is 2. The summed E-state index contributed by atoms with van der Waals surface area (Å²) in [5, 5.41) is 11.3. The van der Waals surface area contributed by atoms with Crippen molar-refractivity contribution >= 4 is 23.4 Å². The molecule has 2 aromatic rings. The summed E-state index contributed by atoms with van der Waals surface area (Å²) >= 11 is 0. The van der Waals surface area contributed by atoms with Crippen LogP contribution in [0.1, 0.15) is 45.3 Å². The van der Waals surface area contributed by atoms with Gasteiger partial charge in [-0.15, -0.1) is 0 Å². The number of methoxy groups -OCH3 is 1. The van der Waals surface area contributed by atoms with Crippen LogP contribution >= 0.6 is 0 Å². The average molecular weight is 440 g/mol. The summed E-state index contributed by atoms with van der Waals surface area (Å²) in [6.45, 7) is 4.48. The number of aromatic nitrogens is 1. The van der Waals surface area contributed by atoms with Gasteiger partial charge in [0.25, 0.3) is 11.7 Å². The molecule has 8 heteroatoms. The first kappa shape index (κ1) is 23.3. The number of likely N-dealkylation sites (tertiary alicyclic amines) is 1. The Kier molecular flexibility index (Phi) is 6.84. The summed E-state index contributed by atoms with van der Waals surface area (Å²) in [6.07, 6.45) is 0.679. The molecule has 1 saturated heterocycles. The number of rotatable bonds is 7. The molecule has 170 valence electrons. The van der Waals surface area contributed by atoms with Gasteiger partial charge in [-0.05, 0) is 52.0 Å². The maximum Gasteiger partial charge on any atom is 0.354 e. The molecular weight excluding hydrogens is 410 g/mol. The van der Waals surface area contributed by atoms with Crippen LogP contribution in [0.15, 0.2) is 35.9 Å². The largest absolute Gasteiger partial charge is 0.507 e. The van der Waals surface area contributed by atoms with Crippen molar-refractivity contribution < 1.29 is 24.2 Å². The molecule has 1 aliphatic rings. The van der Waals surface area contributed by atoms with E-state index in [1.54, 1.807) is 13.8 Å². The Morgan fingerprint density at radius 1 is 1.19 bits per heavy atom. The zero-order valence-electron chi connectivity index (χ0n) is 19.1. The van der Waals surface area contributed by atoms with E-state index in [9.17, 15) is 19.5 Å². The molecule has 1 atom stereocenters. The molecular formula is C24H29N3O5. The average Bonchev–Trinajstić information content (AvgIpc) is 3.20. The van der Waals surface area contributed by atoms with Gasteiger partial charge in [-0.1, -0.05) is 30.3 Å². The Morgan fingerprint density at radius 3 is 2.44 bits per heavy atom. The maximum absolute atomic E-state index is 13.1. The van der Waals surface area contributed by atoms with Crippen LogP contribution in [0.3, 0.4) is 0 Å². The molecule has 0 spiro atoms. The number of benzene rings is 1. The van der Waals surface area contributed by atoms with Crippen molar-refractivity contribution in [2.75, 3.05) is 34.3 Å². The first-order chi connectivity index (χ1) is 15.2. The fourth-order valence-corrected chi connectivity index (χ4v) is 4.20. The second kappa shape index (κ2) is 9.40. The third kappa shape index (κ3) is 4.18. The minimum absolute atomic E-state index is 0.0210. The lowest BCUT2D eigenvalue weighted by atomic mass is 9.94. The molecule has 1 aromatic heterocycles. The molecule has 2 heterocycles. The Bertz CT molecular complexity index is 1070. The monoisotopic (exact) mass is 439 g/mol. The number of ketones is 1. The highest BCUT2D eigenvalue weighted by atomic mass is 16.5. The Balaban J connectivity index is 2.15.